The number of hydrogen-bond donors (Lipinski definition) is 3. The van der Waals surface area contributed by atoms with E-state index < -0.39 is 22.0 Å². The Bertz CT molecular complexity index is 548. The van der Waals surface area contributed by atoms with Gasteiger partial charge in [-0.2, -0.15) is 0 Å². The van der Waals surface area contributed by atoms with Gasteiger partial charge in [0.15, 0.2) is 0 Å². The molecule has 0 aromatic heterocycles. The lowest BCUT2D eigenvalue weighted by Gasteiger charge is -2.05. The monoisotopic (exact) mass is 273 g/mol. The zero-order valence-electron chi connectivity index (χ0n) is 9.16. The summed E-state index contributed by atoms with van der Waals surface area (Å²) in [6, 6.07) is 4.61. The van der Waals surface area contributed by atoms with Crippen LogP contribution in [0.4, 0.5) is 0 Å². The van der Waals surface area contributed by atoms with Crippen LogP contribution >= 0.6 is 0 Å². The molecule has 0 saturated carbocycles. The molecule has 0 aliphatic rings. The molecule has 7 nitrogen and oxygen atoms in total. The van der Waals surface area contributed by atoms with E-state index in [2.05, 4.69) is 4.72 Å². The van der Waals surface area contributed by atoms with Crippen molar-refractivity contribution in [2.75, 3.05) is 6.54 Å². The normalized spacial score (nSPS) is 11.1. The van der Waals surface area contributed by atoms with E-state index in [-0.39, 0.29) is 23.4 Å². The molecule has 0 heterocycles. The van der Waals surface area contributed by atoms with Gasteiger partial charge >= 0.3 is 11.9 Å². The molecule has 0 fully saturated rings. The molecule has 1 aromatic rings. The van der Waals surface area contributed by atoms with E-state index >= 15 is 0 Å². The molecule has 18 heavy (non-hydrogen) atoms. The third-order valence-electron chi connectivity index (χ3n) is 2.04. The molecule has 3 N–H and O–H groups in total. The van der Waals surface area contributed by atoms with Gasteiger partial charge in [0.25, 0.3) is 0 Å². The van der Waals surface area contributed by atoms with Gasteiger partial charge < -0.3 is 10.2 Å². The second kappa shape index (κ2) is 5.61. The molecule has 0 aliphatic carbocycles. The van der Waals surface area contributed by atoms with E-state index in [9.17, 15) is 18.0 Å². The second-order valence-corrected chi connectivity index (χ2v) is 5.14. The number of sulfonamides is 1. The summed E-state index contributed by atoms with van der Waals surface area (Å²) in [5.41, 5.74) is -0.0283. The number of rotatable bonds is 6. The van der Waals surface area contributed by atoms with Crippen LogP contribution in [0.15, 0.2) is 29.2 Å². The highest BCUT2D eigenvalue weighted by Gasteiger charge is 2.14. The zero-order valence-corrected chi connectivity index (χ0v) is 9.98. The molecule has 98 valence electrons. The number of aliphatic carboxylic acids is 1. The lowest BCUT2D eigenvalue weighted by atomic mass is 10.2. The first-order valence-corrected chi connectivity index (χ1v) is 6.36. The summed E-state index contributed by atoms with van der Waals surface area (Å²) in [4.78, 5) is 20.7. The van der Waals surface area contributed by atoms with E-state index in [0.717, 1.165) is 24.3 Å². The minimum Gasteiger partial charge on any atom is -0.481 e. The highest BCUT2D eigenvalue weighted by molar-refractivity contribution is 7.89. The van der Waals surface area contributed by atoms with Crippen LogP contribution in [0.25, 0.3) is 0 Å². The Labute approximate surface area is 103 Å². The van der Waals surface area contributed by atoms with Gasteiger partial charge in [0.05, 0.1) is 16.9 Å². The van der Waals surface area contributed by atoms with Crippen molar-refractivity contribution >= 4 is 22.0 Å². The minimum absolute atomic E-state index is 0.0283. The molecule has 0 amide bonds. The number of aromatic carboxylic acids is 1. The van der Waals surface area contributed by atoms with Gasteiger partial charge in [-0.15, -0.1) is 0 Å². The van der Waals surface area contributed by atoms with Crippen LogP contribution in [0.1, 0.15) is 16.8 Å². The Morgan fingerprint density at radius 1 is 1.11 bits per heavy atom. The van der Waals surface area contributed by atoms with Gasteiger partial charge in [-0.1, -0.05) is 0 Å². The summed E-state index contributed by atoms with van der Waals surface area (Å²) < 4.78 is 25.4. The van der Waals surface area contributed by atoms with Crippen LogP contribution in [0, 0.1) is 0 Å². The van der Waals surface area contributed by atoms with Crippen LogP contribution in [-0.2, 0) is 14.8 Å². The van der Waals surface area contributed by atoms with Crippen LogP contribution in [0.2, 0.25) is 0 Å². The van der Waals surface area contributed by atoms with Crippen LogP contribution < -0.4 is 4.72 Å². The summed E-state index contributed by atoms with van der Waals surface area (Å²) in [5.74, 6) is -2.27. The fourth-order valence-corrected chi connectivity index (χ4v) is 2.18. The maximum Gasteiger partial charge on any atom is 0.335 e. The molecule has 0 aliphatic heterocycles. The molecule has 0 saturated heterocycles. The van der Waals surface area contributed by atoms with Crippen molar-refractivity contribution < 1.29 is 28.2 Å². The van der Waals surface area contributed by atoms with Crippen molar-refractivity contribution in [3.05, 3.63) is 29.8 Å². The van der Waals surface area contributed by atoms with Gasteiger partial charge in [0.2, 0.25) is 10.0 Å². The number of carbonyl (C=O) groups is 2. The Morgan fingerprint density at radius 2 is 1.67 bits per heavy atom. The first-order valence-electron chi connectivity index (χ1n) is 4.88. The quantitative estimate of drug-likeness (QED) is 0.677. The van der Waals surface area contributed by atoms with Gasteiger partial charge in [-0.3, -0.25) is 4.79 Å². The number of nitrogens with one attached hydrogen (secondary N) is 1. The Morgan fingerprint density at radius 3 is 2.11 bits per heavy atom. The molecule has 0 unspecified atom stereocenters. The predicted octanol–water partition coefficient (Wildman–Crippen LogP) is 0.138. The molecule has 8 heteroatoms. The lowest BCUT2D eigenvalue weighted by Crippen LogP contribution is -2.26. The van der Waals surface area contributed by atoms with E-state index in [1.165, 1.54) is 0 Å². The number of benzene rings is 1. The largest absolute Gasteiger partial charge is 0.481 e. The van der Waals surface area contributed by atoms with Crippen molar-refractivity contribution in [3.63, 3.8) is 0 Å². The Hall–Kier alpha value is -1.93. The smallest absolute Gasteiger partial charge is 0.335 e. The third kappa shape index (κ3) is 3.82. The lowest BCUT2D eigenvalue weighted by molar-refractivity contribution is -0.136. The van der Waals surface area contributed by atoms with Crippen LogP contribution in [-0.4, -0.2) is 37.1 Å². The number of carboxylic acids is 2. The van der Waals surface area contributed by atoms with E-state index in [0.29, 0.717) is 0 Å². The van der Waals surface area contributed by atoms with E-state index in [4.69, 9.17) is 10.2 Å². The van der Waals surface area contributed by atoms with Gasteiger partial charge in [0.1, 0.15) is 0 Å². The zero-order chi connectivity index (χ0) is 13.8. The summed E-state index contributed by atoms with van der Waals surface area (Å²) in [6.07, 6.45) is -0.327. The fourth-order valence-electron chi connectivity index (χ4n) is 1.15. The molecule has 1 rings (SSSR count). The topological polar surface area (TPSA) is 121 Å². The molecular formula is C10H11NO6S. The fraction of sp³-hybridized carbons (Fsp3) is 0.200. The summed E-state index contributed by atoms with van der Waals surface area (Å²) in [5, 5.41) is 17.0. The average molecular weight is 273 g/mol. The standard InChI is InChI=1S/C10H11NO6S/c12-9(13)5-6-11-18(16,17)8-3-1-7(2-4-8)10(14)15/h1-4,11H,5-6H2,(H,12,13)(H,14,15). The second-order valence-electron chi connectivity index (χ2n) is 3.37. The number of carboxylic acid groups (broad SMARTS) is 2. The summed E-state index contributed by atoms with van der Waals surface area (Å²) in [6.45, 7) is -0.224. The van der Waals surface area contributed by atoms with Crippen LogP contribution in [0.5, 0.6) is 0 Å². The van der Waals surface area contributed by atoms with Gasteiger partial charge in [-0.25, -0.2) is 17.9 Å². The molecule has 0 atom stereocenters. The predicted molar refractivity (Wildman–Crippen MR) is 60.8 cm³/mol. The Balaban J connectivity index is 2.79. The van der Waals surface area contributed by atoms with Crippen LogP contribution in [0.3, 0.4) is 0 Å². The van der Waals surface area contributed by atoms with Gasteiger partial charge in [-0.05, 0) is 24.3 Å². The maximum absolute atomic E-state index is 11.6. The molecule has 0 bridgehead atoms. The van der Waals surface area contributed by atoms with Crippen molar-refractivity contribution in [2.24, 2.45) is 0 Å². The number of hydrogen-bond acceptors (Lipinski definition) is 4. The molecular weight excluding hydrogens is 262 g/mol. The Kier molecular flexibility index (Phi) is 4.40. The summed E-state index contributed by atoms with van der Waals surface area (Å²) in [7, 11) is -3.80. The van der Waals surface area contributed by atoms with Gasteiger partial charge in [0, 0.05) is 6.54 Å². The first-order chi connectivity index (χ1) is 8.33. The first kappa shape index (κ1) is 14.1. The molecule has 1 aromatic carbocycles. The highest BCUT2D eigenvalue weighted by Crippen LogP contribution is 2.10. The van der Waals surface area contributed by atoms with Crippen molar-refractivity contribution in [2.45, 2.75) is 11.3 Å². The van der Waals surface area contributed by atoms with Crippen molar-refractivity contribution in [1.82, 2.24) is 4.72 Å². The van der Waals surface area contributed by atoms with E-state index in [1.807, 2.05) is 0 Å². The average Bonchev–Trinajstić information content (AvgIpc) is 2.28. The highest BCUT2D eigenvalue weighted by atomic mass is 32.2. The van der Waals surface area contributed by atoms with E-state index in [1.54, 1.807) is 0 Å². The van der Waals surface area contributed by atoms with Crippen molar-refractivity contribution in [1.29, 1.82) is 0 Å². The maximum atomic E-state index is 11.6. The minimum atomic E-state index is -3.80. The third-order valence-corrected chi connectivity index (χ3v) is 3.52. The molecule has 0 spiro atoms. The summed E-state index contributed by atoms with van der Waals surface area (Å²) >= 11 is 0. The van der Waals surface area contributed by atoms with Crippen molar-refractivity contribution in [3.8, 4) is 0 Å². The SMILES string of the molecule is O=C(O)CCNS(=O)(=O)c1ccc(C(=O)O)cc1. The molecule has 0 radical (unpaired) electrons.